The number of hydrogen-bond donors (Lipinski definition) is 0. The van der Waals surface area contributed by atoms with Crippen LogP contribution in [0.15, 0.2) is 18.2 Å². The molecule has 0 aliphatic carbocycles. The molecule has 1 rings (SSSR count). The van der Waals surface area contributed by atoms with E-state index >= 15 is 0 Å². The minimum atomic E-state index is -0.559. The fraction of sp³-hybridized carbons (Fsp3) is 0.300. The summed E-state index contributed by atoms with van der Waals surface area (Å²) in [4.78, 5) is 0. The Morgan fingerprint density at radius 3 is 2.86 bits per heavy atom. The molecule has 0 atom stereocenters. The highest BCUT2D eigenvalue weighted by Gasteiger charge is 2.02. The largest absolute Gasteiger partial charge is 0.493 e. The summed E-state index contributed by atoms with van der Waals surface area (Å²) in [6.45, 7) is 0.453. The number of nitrogens with zero attached hydrogens (tertiary/aromatic N) is 1. The third kappa shape index (κ3) is 2.90. The molecule has 0 spiro atoms. The van der Waals surface area contributed by atoms with Crippen molar-refractivity contribution in [3.8, 4) is 11.8 Å². The lowest BCUT2D eigenvalue weighted by Gasteiger charge is -2.04. The first-order chi connectivity index (χ1) is 6.77. The van der Waals surface area contributed by atoms with Gasteiger partial charge < -0.3 is 4.74 Å². The van der Waals surface area contributed by atoms with Gasteiger partial charge in [0.1, 0.15) is 17.6 Å². The lowest BCUT2D eigenvalue weighted by molar-refractivity contribution is 0.316. The molecule has 0 fully saturated rings. The van der Waals surface area contributed by atoms with Crippen LogP contribution in [-0.4, -0.2) is 12.5 Å². The van der Waals surface area contributed by atoms with Crippen molar-refractivity contribution in [1.82, 2.24) is 0 Å². The highest BCUT2D eigenvalue weighted by molar-refractivity contribution is 6.17. The Kier molecular flexibility index (Phi) is 4.21. The zero-order valence-electron chi connectivity index (χ0n) is 7.46. The predicted octanol–water partition coefficient (Wildman–Crippen LogP) is 2.71. The quantitative estimate of drug-likeness (QED) is 0.569. The third-order valence-corrected chi connectivity index (χ3v) is 1.87. The van der Waals surface area contributed by atoms with Gasteiger partial charge in [-0.3, -0.25) is 0 Å². The van der Waals surface area contributed by atoms with E-state index in [1.165, 1.54) is 12.1 Å². The molecule has 2 nitrogen and oxygen atoms in total. The van der Waals surface area contributed by atoms with E-state index in [0.29, 0.717) is 24.7 Å². The van der Waals surface area contributed by atoms with Crippen molar-refractivity contribution in [3.05, 3.63) is 29.6 Å². The average molecular weight is 214 g/mol. The molecule has 14 heavy (non-hydrogen) atoms. The maximum absolute atomic E-state index is 13.0. The molecule has 0 heterocycles. The SMILES string of the molecule is N#Cc1ccc(OCCCCl)cc1F. The summed E-state index contributed by atoms with van der Waals surface area (Å²) in [6.07, 6.45) is 0.711. The van der Waals surface area contributed by atoms with E-state index in [0.717, 1.165) is 0 Å². The summed E-state index contributed by atoms with van der Waals surface area (Å²) in [5.74, 6) is 0.376. The van der Waals surface area contributed by atoms with Crippen molar-refractivity contribution in [2.24, 2.45) is 0 Å². The minimum Gasteiger partial charge on any atom is -0.493 e. The second kappa shape index (κ2) is 5.46. The molecule has 0 radical (unpaired) electrons. The lowest BCUT2D eigenvalue weighted by atomic mass is 10.2. The van der Waals surface area contributed by atoms with Crippen LogP contribution in [0.4, 0.5) is 4.39 Å². The van der Waals surface area contributed by atoms with Gasteiger partial charge in [-0.2, -0.15) is 5.26 Å². The first kappa shape index (κ1) is 10.8. The second-order valence-electron chi connectivity index (χ2n) is 2.64. The standard InChI is InChI=1S/C10H9ClFNO/c11-4-1-5-14-9-3-2-8(7-13)10(12)6-9/h2-3,6H,1,4-5H2. The summed E-state index contributed by atoms with van der Waals surface area (Å²) < 4.78 is 18.2. The van der Waals surface area contributed by atoms with Gasteiger partial charge in [0, 0.05) is 11.9 Å². The van der Waals surface area contributed by atoms with Crippen LogP contribution in [0, 0.1) is 17.1 Å². The van der Waals surface area contributed by atoms with Crippen molar-refractivity contribution in [1.29, 1.82) is 5.26 Å². The zero-order valence-corrected chi connectivity index (χ0v) is 8.22. The van der Waals surface area contributed by atoms with Gasteiger partial charge in [0.2, 0.25) is 0 Å². The van der Waals surface area contributed by atoms with E-state index in [-0.39, 0.29) is 5.56 Å². The number of hydrogen-bond acceptors (Lipinski definition) is 2. The van der Waals surface area contributed by atoms with Gasteiger partial charge in [-0.05, 0) is 18.6 Å². The van der Waals surface area contributed by atoms with Crippen LogP contribution in [0.25, 0.3) is 0 Å². The smallest absolute Gasteiger partial charge is 0.144 e. The van der Waals surface area contributed by atoms with Crippen LogP contribution in [0.1, 0.15) is 12.0 Å². The number of ether oxygens (including phenoxy) is 1. The van der Waals surface area contributed by atoms with Crippen molar-refractivity contribution in [2.75, 3.05) is 12.5 Å². The van der Waals surface area contributed by atoms with E-state index in [1.807, 2.05) is 0 Å². The minimum absolute atomic E-state index is 0.0229. The molecule has 0 unspecified atom stereocenters. The molecular formula is C10H9ClFNO. The molecule has 0 N–H and O–H groups in total. The number of halogens is 2. The fourth-order valence-electron chi connectivity index (χ4n) is 0.921. The molecule has 1 aromatic carbocycles. The van der Waals surface area contributed by atoms with Gasteiger partial charge in [-0.15, -0.1) is 11.6 Å². The van der Waals surface area contributed by atoms with E-state index in [1.54, 1.807) is 12.1 Å². The molecule has 0 aliphatic heterocycles. The summed E-state index contributed by atoms with van der Waals surface area (Å²) in [7, 11) is 0. The molecule has 0 aliphatic rings. The molecular weight excluding hydrogens is 205 g/mol. The Labute approximate surface area is 86.9 Å². The van der Waals surface area contributed by atoms with Crippen LogP contribution in [0.2, 0.25) is 0 Å². The first-order valence-corrected chi connectivity index (χ1v) is 4.70. The van der Waals surface area contributed by atoms with E-state index in [2.05, 4.69) is 0 Å². The molecule has 0 saturated carbocycles. The maximum Gasteiger partial charge on any atom is 0.144 e. The van der Waals surface area contributed by atoms with Gasteiger partial charge in [0.25, 0.3) is 0 Å². The van der Waals surface area contributed by atoms with Gasteiger partial charge >= 0.3 is 0 Å². The van der Waals surface area contributed by atoms with Gasteiger partial charge in [-0.1, -0.05) is 0 Å². The summed E-state index contributed by atoms with van der Waals surface area (Å²) >= 11 is 5.45. The Balaban J connectivity index is 2.63. The average Bonchev–Trinajstić information content (AvgIpc) is 2.18. The zero-order chi connectivity index (χ0) is 10.4. The Hall–Kier alpha value is -1.27. The normalized spacial score (nSPS) is 9.50. The lowest BCUT2D eigenvalue weighted by Crippen LogP contribution is -1.98. The number of rotatable bonds is 4. The summed E-state index contributed by atoms with van der Waals surface area (Å²) in [5.41, 5.74) is 0.0229. The number of benzene rings is 1. The highest BCUT2D eigenvalue weighted by Crippen LogP contribution is 2.16. The molecule has 74 valence electrons. The molecule has 0 saturated heterocycles. The highest BCUT2D eigenvalue weighted by atomic mass is 35.5. The Morgan fingerprint density at radius 2 is 2.29 bits per heavy atom. The van der Waals surface area contributed by atoms with E-state index in [9.17, 15) is 4.39 Å². The molecule has 4 heteroatoms. The van der Waals surface area contributed by atoms with Gasteiger partial charge in [0.05, 0.1) is 12.2 Å². The fourth-order valence-corrected chi connectivity index (χ4v) is 1.03. The van der Waals surface area contributed by atoms with Crippen molar-refractivity contribution in [2.45, 2.75) is 6.42 Å². The molecule has 0 amide bonds. The topological polar surface area (TPSA) is 33.0 Å². The molecule has 0 aromatic heterocycles. The van der Waals surface area contributed by atoms with E-state index in [4.69, 9.17) is 21.6 Å². The maximum atomic E-state index is 13.0. The summed E-state index contributed by atoms with van der Waals surface area (Å²) in [6, 6.07) is 5.90. The number of nitriles is 1. The van der Waals surface area contributed by atoms with Crippen LogP contribution >= 0.6 is 11.6 Å². The van der Waals surface area contributed by atoms with E-state index < -0.39 is 5.82 Å². The van der Waals surface area contributed by atoms with Crippen molar-refractivity contribution < 1.29 is 9.13 Å². The first-order valence-electron chi connectivity index (χ1n) is 4.16. The van der Waals surface area contributed by atoms with Crippen molar-refractivity contribution >= 4 is 11.6 Å². The van der Waals surface area contributed by atoms with Crippen LogP contribution in [-0.2, 0) is 0 Å². The third-order valence-electron chi connectivity index (χ3n) is 1.61. The summed E-state index contributed by atoms with van der Waals surface area (Å²) in [5, 5.41) is 8.48. The van der Waals surface area contributed by atoms with Crippen LogP contribution in [0.3, 0.4) is 0 Å². The van der Waals surface area contributed by atoms with Crippen molar-refractivity contribution in [3.63, 3.8) is 0 Å². The Bertz CT molecular complexity index is 348. The predicted molar refractivity (Wildman–Crippen MR) is 51.9 cm³/mol. The van der Waals surface area contributed by atoms with Gasteiger partial charge in [-0.25, -0.2) is 4.39 Å². The Morgan fingerprint density at radius 1 is 1.50 bits per heavy atom. The monoisotopic (exact) mass is 213 g/mol. The molecule has 1 aromatic rings. The van der Waals surface area contributed by atoms with Crippen LogP contribution < -0.4 is 4.74 Å². The number of alkyl halides is 1. The van der Waals surface area contributed by atoms with Crippen LogP contribution in [0.5, 0.6) is 5.75 Å². The molecule has 0 bridgehead atoms. The van der Waals surface area contributed by atoms with Gasteiger partial charge in [0.15, 0.2) is 0 Å². The second-order valence-corrected chi connectivity index (χ2v) is 3.02.